The van der Waals surface area contributed by atoms with Crippen LogP contribution in [0.15, 0.2) is 72.8 Å². The summed E-state index contributed by atoms with van der Waals surface area (Å²) < 4.78 is 10.8. The van der Waals surface area contributed by atoms with Gasteiger partial charge in [0.1, 0.15) is 6.04 Å². The molecule has 0 fully saturated rings. The quantitative estimate of drug-likeness (QED) is 0.353. The van der Waals surface area contributed by atoms with Gasteiger partial charge in [0.05, 0.1) is 14.2 Å². The third-order valence-electron chi connectivity index (χ3n) is 6.37. The Morgan fingerprint density at radius 1 is 0.865 bits per heavy atom. The number of carbonyl (C=O) groups excluding carboxylic acids is 2. The van der Waals surface area contributed by atoms with E-state index in [-0.39, 0.29) is 18.2 Å². The van der Waals surface area contributed by atoms with Gasteiger partial charge in [0.15, 0.2) is 11.5 Å². The molecule has 1 N–H and O–H groups in total. The van der Waals surface area contributed by atoms with E-state index < -0.39 is 6.04 Å². The second kappa shape index (κ2) is 14.1. The van der Waals surface area contributed by atoms with Crippen LogP contribution in [0, 0.1) is 6.92 Å². The average Bonchev–Trinajstić information content (AvgIpc) is 2.93. The number of amides is 2. The summed E-state index contributed by atoms with van der Waals surface area (Å²) in [4.78, 5) is 28.9. The van der Waals surface area contributed by atoms with Crippen molar-refractivity contribution in [3.05, 3.63) is 95.1 Å². The van der Waals surface area contributed by atoms with Crippen molar-refractivity contribution in [3.63, 3.8) is 0 Å². The summed E-state index contributed by atoms with van der Waals surface area (Å²) in [5, 5.41) is 3.02. The lowest BCUT2D eigenvalue weighted by molar-refractivity contribution is -0.141. The summed E-state index contributed by atoms with van der Waals surface area (Å²) in [7, 11) is 3.19. The molecule has 3 aromatic carbocycles. The Labute approximate surface area is 220 Å². The minimum absolute atomic E-state index is 0.0667. The van der Waals surface area contributed by atoms with Crippen LogP contribution < -0.4 is 14.8 Å². The molecule has 0 aliphatic heterocycles. The second-order valence-electron chi connectivity index (χ2n) is 9.19. The van der Waals surface area contributed by atoms with Crippen molar-refractivity contribution in [1.29, 1.82) is 0 Å². The van der Waals surface area contributed by atoms with Crippen LogP contribution in [-0.4, -0.2) is 43.5 Å². The molecule has 6 nitrogen and oxygen atoms in total. The maximum absolute atomic E-state index is 13.8. The number of nitrogens with zero attached hydrogens (tertiary/aromatic N) is 1. The van der Waals surface area contributed by atoms with Gasteiger partial charge in [-0.15, -0.1) is 0 Å². The second-order valence-corrected chi connectivity index (χ2v) is 9.19. The van der Waals surface area contributed by atoms with Crippen LogP contribution in [0.1, 0.15) is 42.0 Å². The van der Waals surface area contributed by atoms with E-state index in [2.05, 4.69) is 5.32 Å². The first kappa shape index (κ1) is 27.8. The van der Waals surface area contributed by atoms with Crippen LogP contribution in [0.5, 0.6) is 11.5 Å². The van der Waals surface area contributed by atoms with Gasteiger partial charge in [-0.05, 0) is 48.6 Å². The standard InChI is InChI=1S/C31H38N2O4/c1-5-19-32-31(35)27(20-24-9-7-6-8-10-24)33(22-26-13-11-23(2)12-14-26)30(34)18-16-25-15-17-28(36-3)29(21-25)37-4/h6-15,17,21,27H,5,16,18-20,22H2,1-4H3,(H,32,35). The maximum atomic E-state index is 13.8. The minimum Gasteiger partial charge on any atom is -0.493 e. The summed E-state index contributed by atoms with van der Waals surface area (Å²) >= 11 is 0. The number of aryl methyl sites for hydroxylation is 2. The highest BCUT2D eigenvalue weighted by molar-refractivity contribution is 5.88. The van der Waals surface area contributed by atoms with Crippen molar-refractivity contribution in [2.45, 2.75) is 52.1 Å². The van der Waals surface area contributed by atoms with E-state index in [4.69, 9.17) is 9.47 Å². The molecule has 0 saturated carbocycles. The van der Waals surface area contributed by atoms with E-state index in [0.717, 1.165) is 28.7 Å². The van der Waals surface area contributed by atoms with Gasteiger partial charge < -0.3 is 19.7 Å². The molecule has 0 spiro atoms. The summed E-state index contributed by atoms with van der Waals surface area (Å²) in [6.45, 7) is 4.99. The lowest BCUT2D eigenvalue weighted by atomic mass is 10.0. The van der Waals surface area contributed by atoms with Gasteiger partial charge in [0, 0.05) is 25.9 Å². The first-order valence-electron chi connectivity index (χ1n) is 12.8. The van der Waals surface area contributed by atoms with Crippen molar-refractivity contribution in [2.75, 3.05) is 20.8 Å². The Hall–Kier alpha value is -3.80. The molecule has 1 atom stereocenters. The maximum Gasteiger partial charge on any atom is 0.243 e. The molecule has 0 radical (unpaired) electrons. The van der Waals surface area contributed by atoms with Crippen LogP contribution in [0.25, 0.3) is 0 Å². The Morgan fingerprint density at radius 3 is 2.19 bits per heavy atom. The topological polar surface area (TPSA) is 67.9 Å². The van der Waals surface area contributed by atoms with Crippen molar-refractivity contribution < 1.29 is 19.1 Å². The molecule has 0 bridgehead atoms. The van der Waals surface area contributed by atoms with E-state index >= 15 is 0 Å². The molecule has 0 aromatic heterocycles. The van der Waals surface area contributed by atoms with Gasteiger partial charge in [-0.1, -0.05) is 73.2 Å². The average molecular weight is 503 g/mol. The van der Waals surface area contributed by atoms with Crippen LogP contribution in [0.3, 0.4) is 0 Å². The number of methoxy groups -OCH3 is 2. The van der Waals surface area contributed by atoms with E-state index in [1.807, 2.05) is 86.6 Å². The molecular formula is C31H38N2O4. The number of rotatable bonds is 13. The summed E-state index contributed by atoms with van der Waals surface area (Å²) in [6.07, 6.45) is 2.07. The molecule has 0 aliphatic carbocycles. The Balaban J connectivity index is 1.88. The largest absolute Gasteiger partial charge is 0.493 e. The molecule has 2 amide bonds. The van der Waals surface area contributed by atoms with Crippen molar-refractivity contribution in [2.24, 2.45) is 0 Å². The zero-order chi connectivity index (χ0) is 26.6. The molecule has 3 aromatic rings. The third kappa shape index (κ3) is 8.10. The van der Waals surface area contributed by atoms with Gasteiger partial charge in [-0.3, -0.25) is 9.59 Å². The highest BCUT2D eigenvalue weighted by Crippen LogP contribution is 2.28. The van der Waals surface area contributed by atoms with E-state index in [9.17, 15) is 9.59 Å². The lowest BCUT2D eigenvalue weighted by Crippen LogP contribution is -2.50. The molecule has 0 saturated heterocycles. The van der Waals surface area contributed by atoms with Crippen LogP contribution in [-0.2, 0) is 29.0 Å². The zero-order valence-corrected chi connectivity index (χ0v) is 22.3. The summed E-state index contributed by atoms with van der Waals surface area (Å²) in [5.74, 6) is 1.08. The first-order chi connectivity index (χ1) is 17.9. The normalized spacial score (nSPS) is 11.5. The SMILES string of the molecule is CCCNC(=O)C(Cc1ccccc1)N(Cc1ccc(C)cc1)C(=O)CCc1ccc(OC)c(OC)c1. The smallest absolute Gasteiger partial charge is 0.243 e. The fourth-order valence-electron chi connectivity index (χ4n) is 4.24. The number of hydrogen-bond donors (Lipinski definition) is 1. The van der Waals surface area contributed by atoms with Gasteiger partial charge in [-0.2, -0.15) is 0 Å². The van der Waals surface area contributed by atoms with Crippen molar-refractivity contribution >= 4 is 11.8 Å². The predicted octanol–water partition coefficient (Wildman–Crippen LogP) is 5.11. The monoisotopic (exact) mass is 502 g/mol. The summed E-state index contributed by atoms with van der Waals surface area (Å²) in [6, 6.07) is 23.0. The van der Waals surface area contributed by atoms with Crippen LogP contribution in [0.2, 0.25) is 0 Å². The molecule has 37 heavy (non-hydrogen) atoms. The van der Waals surface area contributed by atoms with Gasteiger partial charge in [0.2, 0.25) is 11.8 Å². The fraction of sp³-hybridized carbons (Fsp3) is 0.355. The number of ether oxygens (including phenoxy) is 2. The Kier molecular flexibility index (Phi) is 10.6. The lowest BCUT2D eigenvalue weighted by Gasteiger charge is -2.31. The first-order valence-corrected chi connectivity index (χ1v) is 12.8. The molecule has 3 rings (SSSR count). The van der Waals surface area contributed by atoms with E-state index in [1.165, 1.54) is 0 Å². The van der Waals surface area contributed by atoms with Crippen molar-refractivity contribution in [1.82, 2.24) is 10.2 Å². The fourth-order valence-corrected chi connectivity index (χ4v) is 4.24. The van der Waals surface area contributed by atoms with E-state index in [0.29, 0.717) is 37.4 Å². The zero-order valence-electron chi connectivity index (χ0n) is 22.3. The van der Waals surface area contributed by atoms with Gasteiger partial charge >= 0.3 is 0 Å². The molecule has 0 heterocycles. The number of carbonyl (C=O) groups is 2. The number of hydrogen-bond acceptors (Lipinski definition) is 4. The molecule has 1 unspecified atom stereocenters. The van der Waals surface area contributed by atoms with E-state index in [1.54, 1.807) is 19.1 Å². The Bertz CT molecular complexity index is 1150. The predicted molar refractivity (Wildman–Crippen MR) is 147 cm³/mol. The molecule has 6 heteroatoms. The highest BCUT2D eigenvalue weighted by atomic mass is 16.5. The molecule has 196 valence electrons. The summed E-state index contributed by atoms with van der Waals surface area (Å²) in [5.41, 5.74) is 4.13. The van der Waals surface area contributed by atoms with Crippen molar-refractivity contribution in [3.8, 4) is 11.5 Å². The molecule has 0 aliphatic rings. The van der Waals surface area contributed by atoms with Crippen LogP contribution >= 0.6 is 0 Å². The van der Waals surface area contributed by atoms with Gasteiger partial charge in [0.25, 0.3) is 0 Å². The third-order valence-corrected chi connectivity index (χ3v) is 6.37. The number of nitrogens with one attached hydrogen (secondary N) is 1. The minimum atomic E-state index is -0.617. The number of benzene rings is 3. The highest BCUT2D eigenvalue weighted by Gasteiger charge is 2.30. The molecular weight excluding hydrogens is 464 g/mol. The Morgan fingerprint density at radius 2 is 1.54 bits per heavy atom. The van der Waals surface area contributed by atoms with Crippen LogP contribution in [0.4, 0.5) is 0 Å². The van der Waals surface area contributed by atoms with Gasteiger partial charge in [-0.25, -0.2) is 0 Å².